The van der Waals surface area contributed by atoms with Crippen LogP contribution in [0.1, 0.15) is 45.9 Å². The number of hydrogen-bond acceptors (Lipinski definition) is 3. The molecule has 2 aromatic rings. The number of carbonyl (C=O) groups is 1. The van der Waals surface area contributed by atoms with Crippen molar-refractivity contribution < 1.29 is 14.3 Å². The van der Waals surface area contributed by atoms with E-state index in [4.69, 9.17) is 22.4 Å². The number of halogens is 3. The van der Waals surface area contributed by atoms with Crippen molar-refractivity contribution >= 4 is 29.8 Å². The zero-order chi connectivity index (χ0) is 16.6. The summed E-state index contributed by atoms with van der Waals surface area (Å²) in [5, 5.41) is 9.12. The van der Waals surface area contributed by atoms with Gasteiger partial charge in [0.2, 0.25) is 0 Å². The van der Waals surface area contributed by atoms with Crippen molar-refractivity contribution in [1.29, 1.82) is 0 Å². The third-order valence-corrected chi connectivity index (χ3v) is 4.55. The van der Waals surface area contributed by atoms with E-state index >= 15 is 0 Å². The van der Waals surface area contributed by atoms with Crippen molar-refractivity contribution in [2.45, 2.75) is 25.5 Å². The minimum absolute atomic E-state index is 0. The monoisotopic (exact) mass is 369 g/mol. The van der Waals surface area contributed by atoms with Crippen molar-refractivity contribution in [3.63, 3.8) is 0 Å². The molecule has 2 aromatic carbocycles. The van der Waals surface area contributed by atoms with Gasteiger partial charge in [-0.1, -0.05) is 41.9 Å². The molecule has 0 spiro atoms. The minimum atomic E-state index is -0.631. The van der Waals surface area contributed by atoms with Crippen LogP contribution in [0.5, 0.6) is 0 Å². The van der Waals surface area contributed by atoms with Crippen molar-refractivity contribution in [2.75, 3.05) is 0 Å². The lowest BCUT2D eigenvalue weighted by Crippen LogP contribution is -2.17. The van der Waals surface area contributed by atoms with E-state index in [1.807, 2.05) is 0 Å². The maximum Gasteiger partial charge on any atom is 0.197 e. The van der Waals surface area contributed by atoms with Crippen LogP contribution in [0, 0.1) is 11.7 Å². The Labute approximate surface area is 151 Å². The fraction of sp³-hybridized carbons (Fsp3) is 0.278. The number of aliphatic hydroxyl groups is 1. The molecule has 1 saturated carbocycles. The van der Waals surface area contributed by atoms with E-state index in [0.717, 1.165) is 12.8 Å². The second kappa shape index (κ2) is 7.62. The highest BCUT2D eigenvalue weighted by Gasteiger charge is 2.33. The second-order valence-corrected chi connectivity index (χ2v) is 6.28. The van der Waals surface area contributed by atoms with Gasteiger partial charge in [0.05, 0.1) is 17.2 Å². The van der Waals surface area contributed by atoms with E-state index in [0.29, 0.717) is 16.7 Å². The topological polar surface area (TPSA) is 63.3 Å². The number of nitrogens with two attached hydrogens (primary N) is 1. The highest BCUT2D eigenvalue weighted by Crippen LogP contribution is 2.41. The molecule has 3 nitrogen and oxygen atoms in total. The van der Waals surface area contributed by atoms with Gasteiger partial charge in [-0.3, -0.25) is 4.79 Å². The van der Waals surface area contributed by atoms with Gasteiger partial charge in [0, 0.05) is 17.2 Å². The van der Waals surface area contributed by atoms with Gasteiger partial charge in [-0.25, -0.2) is 4.39 Å². The van der Waals surface area contributed by atoms with Crippen LogP contribution in [0.15, 0.2) is 36.4 Å². The number of hydrogen-bond donors (Lipinski definition) is 2. The van der Waals surface area contributed by atoms with E-state index in [1.54, 1.807) is 30.3 Å². The first-order valence-electron chi connectivity index (χ1n) is 7.51. The first-order chi connectivity index (χ1) is 11.0. The zero-order valence-electron chi connectivity index (χ0n) is 12.8. The smallest absolute Gasteiger partial charge is 0.197 e. The summed E-state index contributed by atoms with van der Waals surface area (Å²) in [4.78, 5) is 12.6. The van der Waals surface area contributed by atoms with Gasteiger partial charge in [-0.15, -0.1) is 12.4 Å². The number of benzene rings is 2. The summed E-state index contributed by atoms with van der Waals surface area (Å²) >= 11 is 6.06. The van der Waals surface area contributed by atoms with Gasteiger partial charge in [0.25, 0.3) is 0 Å². The van der Waals surface area contributed by atoms with Crippen molar-refractivity contribution in [1.82, 2.24) is 0 Å². The third kappa shape index (κ3) is 3.62. The van der Waals surface area contributed by atoms with Crippen LogP contribution in [0.25, 0.3) is 0 Å². The molecular weight excluding hydrogens is 352 g/mol. The van der Waals surface area contributed by atoms with Crippen molar-refractivity contribution in [3.8, 4) is 0 Å². The fourth-order valence-corrected chi connectivity index (χ4v) is 2.88. The fourth-order valence-electron chi connectivity index (χ4n) is 2.65. The molecule has 1 atom stereocenters. The summed E-state index contributed by atoms with van der Waals surface area (Å²) in [5.41, 5.74) is 7.27. The summed E-state index contributed by atoms with van der Waals surface area (Å²) in [7, 11) is 0. The average Bonchev–Trinajstić information content (AvgIpc) is 3.39. The van der Waals surface area contributed by atoms with E-state index in [-0.39, 0.29) is 35.5 Å². The maximum absolute atomic E-state index is 14.8. The van der Waals surface area contributed by atoms with Crippen LogP contribution in [0.2, 0.25) is 5.02 Å². The van der Waals surface area contributed by atoms with Crippen LogP contribution < -0.4 is 5.73 Å². The average molecular weight is 370 g/mol. The Morgan fingerprint density at radius 3 is 2.42 bits per heavy atom. The number of rotatable bonds is 5. The highest BCUT2D eigenvalue weighted by atomic mass is 35.5. The minimum Gasteiger partial charge on any atom is -0.392 e. The van der Waals surface area contributed by atoms with E-state index in [1.165, 1.54) is 6.07 Å². The van der Waals surface area contributed by atoms with Crippen LogP contribution in [0.3, 0.4) is 0 Å². The first-order valence-corrected chi connectivity index (χ1v) is 7.88. The summed E-state index contributed by atoms with van der Waals surface area (Å²) in [5.74, 6) is -0.840. The number of carbonyl (C=O) groups excluding carboxylic acids is 1. The molecule has 1 aliphatic carbocycles. The van der Waals surface area contributed by atoms with Crippen LogP contribution in [-0.2, 0) is 6.61 Å². The second-order valence-electron chi connectivity index (χ2n) is 5.87. The molecule has 0 aromatic heterocycles. The summed E-state index contributed by atoms with van der Waals surface area (Å²) < 4.78 is 14.8. The molecule has 1 aliphatic rings. The zero-order valence-corrected chi connectivity index (χ0v) is 14.4. The predicted molar refractivity (Wildman–Crippen MR) is 94.1 cm³/mol. The van der Waals surface area contributed by atoms with Gasteiger partial charge in [0.15, 0.2) is 5.78 Å². The standard InChI is InChI=1S/C18H17ClFNO2.ClH/c19-14-8-7-13(17(21)11-5-6-11)16(20)15(14)18(23)12-3-1-10(9-22)2-4-12;/h1-4,7-8,11,17,22H,5-6,9,21H2;1H. The molecule has 6 heteroatoms. The SMILES string of the molecule is Cl.NC(c1ccc(Cl)c(C(=O)c2ccc(CO)cc2)c1F)C1CC1. The van der Waals surface area contributed by atoms with Gasteiger partial charge >= 0.3 is 0 Å². The van der Waals surface area contributed by atoms with Gasteiger partial charge < -0.3 is 10.8 Å². The lowest BCUT2D eigenvalue weighted by molar-refractivity contribution is 0.103. The molecule has 0 aliphatic heterocycles. The molecule has 1 unspecified atom stereocenters. The Bertz CT molecular complexity index is 745. The van der Waals surface area contributed by atoms with Gasteiger partial charge in [-0.2, -0.15) is 0 Å². The van der Waals surface area contributed by atoms with E-state index < -0.39 is 17.6 Å². The molecule has 0 heterocycles. The quantitative estimate of drug-likeness (QED) is 0.781. The molecule has 0 bridgehead atoms. The first kappa shape index (κ1) is 18.9. The molecule has 1 fully saturated rings. The Morgan fingerprint density at radius 2 is 1.88 bits per heavy atom. The Balaban J connectivity index is 0.00000208. The molecular formula is C18H18Cl2FNO2. The lowest BCUT2D eigenvalue weighted by atomic mass is 9.95. The Kier molecular flexibility index (Phi) is 5.99. The van der Waals surface area contributed by atoms with Crippen molar-refractivity contribution in [3.05, 3.63) is 69.5 Å². The van der Waals surface area contributed by atoms with Crippen LogP contribution in [0.4, 0.5) is 4.39 Å². The molecule has 3 N–H and O–H groups in total. The van der Waals surface area contributed by atoms with Crippen molar-refractivity contribution in [2.24, 2.45) is 11.7 Å². The third-order valence-electron chi connectivity index (χ3n) is 4.24. The Hall–Kier alpha value is -1.46. The van der Waals surface area contributed by atoms with E-state index in [2.05, 4.69) is 0 Å². The predicted octanol–water partition coefficient (Wildman–Crippen LogP) is 4.03. The summed E-state index contributed by atoms with van der Waals surface area (Å²) in [6.07, 6.45) is 1.96. The summed E-state index contributed by atoms with van der Waals surface area (Å²) in [6.45, 7) is -0.116. The van der Waals surface area contributed by atoms with Gasteiger partial charge in [0.1, 0.15) is 5.82 Å². The van der Waals surface area contributed by atoms with Crippen LogP contribution >= 0.6 is 24.0 Å². The maximum atomic E-state index is 14.8. The molecule has 0 amide bonds. The van der Waals surface area contributed by atoms with Crippen LogP contribution in [-0.4, -0.2) is 10.9 Å². The largest absolute Gasteiger partial charge is 0.392 e. The molecule has 24 heavy (non-hydrogen) atoms. The Morgan fingerprint density at radius 1 is 1.25 bits per heavy atom. The molecule has 3 rings (SSSR count). The molecule has 128 valence electrons. The summed E-state index contributed by atoms with van der Waals surface area (Å²) in [6, 6.07) is 9.03. The molecule has 0 saturated heterocycles. The lowest BCUT2D eigenvalue weighted by Gasteiger charge is -2.15. The number of aliphatic hydroxyl groups excluding tert-OH is 1. The normalized spacial score (nSPS) is 14.8. The highest BCUT2D eigenvalue weighted by molar-refractivity contribution is 6.35. The van der Waals surface area contributed by atoms with E-state index in [9.17, 15) is 9.18 Å². The number of ketones is 1. The molecule has 0 radical (unpaired) electrons. The van der Waals surface area contributed by atoms with Gasteiger partial charge in [-0.05, 0) is 30.4 Å².